The number of nitrogen functional groups attached to an aromatic ring is 1. The lowest BCUT2D eigenvalue weighted by atomic mass is 10.0. The van der Waals surface area contributed by atoms with Gasteiger partial charge in [-0.05, 0) is 34.9 Å². The van der Waals surface area contributed by atoms with Crippen molar-refractivity contribution in [3.63, 3.8) is 0 Å². The lowest BCUT2D eigenvalue weighted by Crippen LogP contribution is -2.16. The number of nitrogens with two attached hydrogens (primary N) is 1. The molecule has 2 N–H and O–H groups in total. The summed E-state index contributed by atoms with van der Waals surface area (Å²) >= 11 is 1.41. The number of nitrogens with zero attached hydrogens (tertiary/aromatic N) is 5. The van der Waals surface area contributed by atoms with E-state index in [0.29, 0.717) is 34.5 Å². The first-order valence-electron chi connectivity index (χ1n) is 9.86. The second-order valence-electron chi connectivity index (χ2n) is 7.39. The molecule has 5 rings (SSSR count). The molecule has 8 heteroatoms. The summed E-state index contributed by atoms with van der Waals surface area (Å²) in [6.07, 6.45) is 2.37. The zero-order valence-corrected chi connectivity index (χ0v) is 17.7. The molecular weight excluding hydrogens is 408 g/mol. The Hall–Kier alpha value is -3.65. The van der Waals surface area contributed by atoms with E-state index in [4.69, 9.17) is 5.84 Å². The standard InChI is InChI=1S/C23H20N6OS/c1-15-9-10-20-25-18(12-22(30)28(20)13-15)14-31-23-27-26-21(29(23)24)11-17-7-4-6-16-5-2-3-8-19(16)17/h2-10,12-13H,11,14,24H2,1H3. The molecule has 2 aromatic carbocycles. The lowest BCUT2D eigenvalue weighted by Gasteiger charge is -2.07. The predicted octanol–water partition coefficient (Wildman–Crippen LogP) is 3.34. The van der Waals surface area contributed by atoms with Crippen LogP contribution in [0.3, 0.4) is 0 Å². The Morgan fingerprint density at radius 2 is 1.87 bits per heavy atom. The Balaban J connectivity index is 1.37. The number of pyridine rings is 1. The zero-order chi connectivity index (χ0) is 21.4. The second-order valence-corrected chi connectivity index (χ2v) is 8.34. The Labute approximate surface area is 182 Å². The van der Waals surface area contributed by atoms with E-state index in [9.17, 15) is 4.79 Å². The fourth-order valence-electron chi connectivity index (χ4n) is 3.61. The fraction of sp³-hybridized carbons (Fsp3) is 0.130. The summed E-state index contributed by atoms with van der Waals surface area (Å²) in [6.45, 7) is 1.94. The van der Waals surface area contributed by atoms with Crippen LogP contribution in [0.1, 0.15) is 22.6 Å². The third kappa shape index (κ3) is 3.77. The number of fused-ring (bicyclic) bond motifs is 2. The van der Waals surface area contributed by atoms with Gasteiger partial charge in [-0.1, -0.05) is 60.3 Å². The number of rotatable bonds is 5. The summed E-state index contributed by atoms with van der Waals surface area (Å²) < 4.78 is 3.07. The van der Waals surface area contributed by atoms with Crippen molar-refractivity contribution >= 4 is 28.2 Å². The Kier molecular flexibility index (Phi) is 4.91. The monoisotopic (exact) mass is 428 g/mol. The van der Waals surface area contributed by atoms with Gasteiger partial charge >= 0.3 is 0 Å². The number of aromatic nitrogens is 5. The first kappa shape index (κ1) is 19.3. The van der Waals surface area contributed by atoms with Crippen LogP contribution in [0.2, 0.25) is 0 Å². The van der Waals surface area contributed by atoms with Crippen LogP contribution in [-0.4, -0.2) is 24.3 Å². The number of hydrogen-bond donors (Lipinski definition) is 1. The topological polar surface area (TPSA) is 91.1 Å². The van der Waals surface area contributed by atoms with Crippen molar-refractivity contribution < 1.29 is 0 Å². The molecule has 3 heterocycles. The summed E-state index contributed by atoms with van der Waals surface area (Å²) in [4.78, 5) is 17.0. The second kappa shape index (κ2) is 7.88. The average molecular weight is 429 g/mol. The SMILES string of the molecule is Cc1ccc2nc(CSc3nnc(Cc4cccc5ccccc45)n3N)cc(=O)n2c1. The van der Waals surface area contributed by atoms with Gasteiger partial charge in [0.15, 0.2) is 5.82 Å². The van der Waals surface area contributed by atoms with Gasteiger partial charge in [-0.15, -0.1) is 10.2 Å². The normalized spacial score (nSPS) is 11.4. The van der Waals surface area contributed by atoms with Gasteiger partial charge in [-0.3, -0.25) is 9.20 Å². The van der Waals surface area contributed by atoms with E-state index in [1.807, 2.05) is 37.3 Å². The quantitative estimate of drug-likeness (QED) is 0.341. The molecule has 154 valence electrons. The summed E-state index contributed by atoms with van der Waals surface area (Å²) in [5.74, 6) is 7.44. The number of aryl methyl sites for hydroxylation is 1. The molecule has 0 spiro atoms. The highest BCUT2D eigenvalue weighted by Crippen LogP contribution is 2.23. The molecule has 5 aromatic rings. The van der Waals surface area contributed by atoms with Gasteiger partial charge in [0.2, 0.25) is 5.16 Å². The van der Waals surface area contributed by atoms with Gasteiger partial charge in [0.1, 0.15) is 5.65 Å². The van der Waals surface area contributed by atoms with Crippen LogP contribution in [0.15, 0.2) is 76.8 Å². The van der Waals surface area contributed by atoms with Gasteiger partial charge in [-0.2, -0.15) is 0 Å². The highest BCUT2D eigenvalue weighted by atomic mass is 32.2. The molecule has 0 amide bonds. The van der Waals surface area contributed by atoms with Crippen LogP contribution in [-0.2, 0) is 12.2 Å². The third-order valence-electron chi connectivity index (χ3n) is 5.17. The lowest BCUT2D eigenvalue weighted by molar-refractivity contribution is 0.806. The minimum Gasteiger partial charge on any atom is -0.336 e. The molecule has 0 aliphatic heterocycles. The third-order valence-corrected chi connectivity index (χ3v) is 6.15. The molecule has 0 saturated carbocycles. The van der Waals surface area contributed by atoms with Crippen LogP contribution >= 0.6 is 11.8 Å². The highest BCUT2D eigenvalue weighted by Gasteiger charge is 2.13. The van der Waals surface area contributed by atoms with Crippen molar-refractivity contribution in [1.29, 1.82) is 0 Å². The molecule has 7 nitrogen and oxygen atoms in total. The van der Waals surface area contributed by atoms with Gasteiger partial charge in [0, 0.05) is 24.4 Å². The van der Waals surface area contributed by atoms with E-state index in [-0.39, 0.29) is 5.56 Å². The summed E-state index contributed by atoms with van der Waals surface area (Å²) in [5, 5.41) is 11.5. The van der Waals surface area contributed by atoms with Crippen LogP contribution < -0.4 is 11.4 Å². The van der Waals surface area contributed by atoms with Crippen molar-refractivity contribution in [2.24, 2.45) is 0 Å². The summed E-state index contributed by atoms with van der Waals surface area (Å²) in [7, 11) is 0. The number of hydrogen-bond acceptors (Lipinski definition) is 6. The zero-order valence-electron chi connectivity index (χ0n) is 16.9. The molecule has 0 fully saturated rings. The minimum atomic E-state index is -0.102. The Morgan fingerprint density at radius 1 is 1.03 bits per heavy atom. The number of thioether (sulfide) groups is 1. The van der Waals surface area contributed by atoms with E-state index in [1.54, 1.807) is 16.7 Å². The van der Waals surface area contributed by atoms with Crippen LogP contribution in [0.25, 0.3) is 16.4 Å². The molecule has 0 aliphatic rings. The molecule has 0 unspecified atom stereocenters. The molecule has 0 radical (unpaired) electrons. The largest absolute Gasteiger partial charge is 0.336 e. The van der Waals surface area contributed by atoms with E-state index >= 15 is 0 Å². The maximum Gasteiger partial charge on any atom is 0.258 e. The minimum absolute atomic E-state index is 0.102. The van der Waals surface area contributed by atoms with Gasteiger partial charge in [0.25, 0.3) is 5.56 Å². The van der Waals surface area contributed by atoms with Crippen molar-refractivity contribution in [3.8, 4) is 0 Å². The van der Waals surface area contributed by atoms with Crippen LogP contribution in [0.5, 0.6) is 0 Å². The van der Waals surface area contributed by atoms with E-state index in [0.717, 1.165) is 11.1 Å². The highest BCUT2D eigenvalue weighted by molar-refractivity contribution is 7.98. The van der Waals surface area contributed by atoms with Gasteiger partial charge in [-0.25, -0.2) is 9.66 Å². The van der Waals surface area contributed by atoms with E-state index in [2.05, 4.69) is 39.4 Å². The van der Waals surface area contributed by atoms with Crippen LogP contribution in [0.4, 0.5) is 0 Å². The van der Waals surface area contributed by atoms with Crippen molar-refractivity contribution in [2.75, 3.05) is 5.84 Å². The van der Waals surface area contributed by atoms with Crippen molar-refractivity contribution in [1.82, 2.24) is 24.3 Å². The smallest absolute Gasteiger partial charge is 0.258 e. The van der Waals surface area contributed by atoms with E-state index < -0.39 is 0 Å². The molecule has 0 aliphatic carbocycles. The maximum atomic E-state index is 12.4. The summed E-state index contributed by atoms with van der Waals surface area (Å²) in [6, 6.07) is 19.8. The Morgan fingerprint density at radius 3 is 2.77 bits per heavy atom. The number of benzene rings is 2. The van der Waals surface area contributed by atoms with Crippen molar-refractivity contribution in [2.45, 2.75) is 24.3 Å². The summed E-state index contributed by atoms with van der Waals surface area (Å²) in [5.41, 5.74) is 3.36. The first-order valence-corrected chi connectivity index (χ1v) is 10.8. The fourth-order valence-corrected chi connectivity index (χ4v) is 4.38. The molecule has 0 atom stereocenters. The molecular formula is C23H20N6OS. The van der Waals surface area contributed by atoms with E-state index in [1.165, 1.54) is 27.2 Å². The Bertz CT molecular complexity index is 1470. The molecule has 3 aromatic heterocycles. The van der Waals surface area contributed by atoms with Gasteiger partial charge < -0.3 is 5.84 Å². The van der Waals surface area contributed by atoms with Crippen LogP contribution in [0, 0.1) is 6.92 Å². The first-order chi connectivity index (χ1) is 15.1. The van der Waals surface area contributed by atoms with Crippen molar-refractivity contribution in [3.05, 3.63) is 99.9 Å². The average Bonchev–Trinajstić information content (AvgIpc) is 3.12. The maximum absolute atomic E-state index is 12.4. The predicted molar refractivity (Wildman–Crippen MR) is 123 cm³/mol. The molecule has 0 bridgehead atoms. The molecule has 31 heavy (non-hydrogen) atoms. The molecule has 0 saturated heterocycles. The van der Waals surface area contributed by atoms with Gasteiger partial charge in [0.05, 0.1) is 5.69 Å².